The number of benzene rings is 3. The molecule has 0 fully saturated rings. The van der Waals surface area contributed by atoms with Crippen LogP contribution in [0.15, 0.2) is 91.0 Å². The maximum Gasteiger partial charge on any atom is 0.217 e. The van der Waals surface area contributed by atoms with E-state index < -0.39 is 14.0 Å². The number of hydrogen-bond donors (Lipinski definition) is 1. The Labute approximate surface area is 177 Å². The minimum absolute atomic E-state index is 0.00316. The van der Waals surface area contributed by atoms with Gasteiger partial charge in [-0.25, -0.2) is 0 Å². The number of hydrogen-bond acceptors (Lipinski definition) is 3. The Hall–Kier alpha value is -2.42. The van der Waals surface area contributed by atoms with Gasteiger partial charge in [-0.3, -0.25) is 9.59 Å². The molecule has 3 nitrogen and oxygen atoms in total. The van der Waals surface area contributed by atoms with Gasteiger partial charge in [-0.05, 0) is 24.1 Å². The lowest BCUT2D eigenvalue weighted by molar-refractivity contribution is -0.123. The van der Waals surface area contributed by atoms with Gasteiger partial charge in [0.25, 0.3) is 0 Å². The number of nitrogens with one attached hydrogen (secondary N) is 1. The SMILES string of the molecule is CC(=O)N[C@H](Cc1ccccc1)C(=O)SCP(c1ccccc1)c1ccccc1. The van der Waals surface area contributed by atoms with Crippen molar-refractivity contribution in [2.45, 2.75) is 19.4 Å². The van der Waals surface area contributed by atoms with Crippen molar-refractivity contribution in [2.24, 2.45) is 0 Å². The number of amides is 1. The Morgan fingerprint density at radius 3 is 1.79 bits per heavy atom. The second-order valence-corrected chi connectivity index (χ2v) is 10.2. The van der Waals surface area contributed by atoms with Gasteiger partial charge in [-0.15, -0.1) is 0 Å². The zero-order chi connectivity index (χ0) is 20.5. The summed E-state index contributed by atoms with van der Waals surface area (Å²) in [6.07, 6.45) is 0.501. The summed E-state index contributed by atoms with van der Waals surface area (Å²) in [6, 6.07) is 29.9. The minimum Gasteiger partial charge on any atom is -0.345 e. The van der Waals surface area contributed by atoms with Gasteiger partial charge >= 0.3 is 0 Å². The van der Waals surface area contributed by atoms with Crippen molar-refractivity contribution < 1.29 is 9.59 Å². The molecule has 0 aliphatic rings. The molecule has 3 rings (SSSR count). The smallest absolute Gasteiger partial charge is 0.217 e. The molecule has 5 heteroatoms. The summed E-state index contributed by atoms with van der Waals surface area (Å²) in [5.41, 5.74) is 1.72. The van der Waals surface area contributed by atoms with Crippen LogP contribution in [0.4, 0.5) is 0 Å². The fraction of sp³-hybridized carbons (Fsp3) is 0.167. The van der Waals surface area contributed by atoms with Crippen LogP contribution in [-0.2, 0) is 16.0 Å². The van der Waals surface area contributed by atoms with Crippen LogP contribution in [0.1, 0.15) is 12.5 Å². The Morgan fingerprint density at radius 2 is 1.31 bits per heavy atom. The van der Waals surface area contributed by atoms with Crippen molar-refractivity contribution in [1.82, 2.24) is 5.32 Å². The van der Waals surface area contributed by atoms with Gasteiger partial charge in [-0.1, -0.05) is 103 Å². The molecule has 0 heterocycles. The van der Waals surface area contributed by atoms with Gasteiger partial charge in [0.1, 0.15) is 6.04 Å². The molecule has 1 amide bonds. The molecule has 0 bridgehead atoms. The summed E-state index contributed by atoms with van der Waals surface area (Å²) in [5.74, 6) is -0.187. The number of carbonyl (C=O) groups is 2. The zero-order valence-corrected chi connectivity index (χ0v) is 18.0. The van der Waals surface area contributed by atoms with E-state index in [9.17, 15) is 9.59 Å². The van der Waals surface area contributed by atoms with E-state index in [1.54, 1.807) is 0 Å². The monoisotopic (exact) mass is 421 g/mol. The van der Waals surface area contributed by atoms with E-state index in [4.69, 9.17) is 0 Å². The van der Waals surface area contributed by atoms with Gasteiger partial charge in [0.15, 0.2) is 0 Å². The van der Waals surface area contributed by atoms with Crippen molar-refractivity contribution in [2.75, 3.05) is 5.49 Å². The van der Waals surface area contributed by atoms with Crippen molar-refractivity contribution in [1.29, 1.82) is 0 Å². The molecular weight excluding hydrogens is 397 g/mol. The third-order valence-corrected chi connectivity index (χ3v) is 8.38. The molecule has 3 aromatic carbocycles. The van der Waals surface area contributed by atoms with Gasteiger partial charge < -0.3 is 5.32 Å². The lowest BCUT2D eigenvalue weighted by Gasteiger charge is -2.20. The molecule has 0 aliphatic heterocycles. The van der Waals surface area contributed by atoms with Crippen LogP contribution >= 0.6 is 19.7 Å². The average molecular weight is 422 g/mol. The highest BCUT2D eigenvalue weighted by molar-refractivity contribution is 8.18. The number of thioether (sulfide) groups is 1. The number of rotatable bonds is 8. The van der Waals surface area contributed by atoms with Crippen molar-refractivity contribution in [3.8, 4) is 0 Å². The first-order chi connectivity index (χ1) is 14.1. The van der Waals surface area contributed by atoms with Crippen LogP contribution in [0.25, 0.3) is 0 Å². The predicted octanol–water partition coefficient (Wildman–Crippen LogP) is 4.08. The van der Waals surface area contributed by atoms with Crippen LogP contribution in [-0.4, -0.2) is 22.6 Å². The zero-order valence-electron chi connectivity index (χ0n) is 16.3. The van der Waals surface area contributed by atoms with Gasteiger partial charge in [0, 0.05) is 18.8 Å². The second-order valence-electron chi connectivity index (χ2n) is 6.63. The standard InChI is InChI=1S/C24H24NO2PS/c1-19(26)25-23(17-20-11-5-2-6-12-20)24(27)29-18-28(21-13-7-3-8-14-21)22-15-9-4-10-16-22/h2-16,23H,17-18H2,1H3,(H,25,26)/t23-/m1/s1. The molecule has 0 radical (unpaired) electrons. The molecule has 0 saturated carbocycles. The largest absolute Gasteiger partial charge is 0.345 e. The van der Waals surface area contributed by atoms with E-state index in [1.165, 1.54) is 29.3 Å². The van der Waals surface area contributed by atoms with Crippen LogP contribution in [0.2, 0.25) is 0 Å². The molecular formula is C24H24NO2PS. The summed E-state index contributed by atoms with van der Waals surface area (Å²) in [6.45, 7) is 1.46. The third-order valence-electron chi connectivity index (χ3n) is 4.42. The molecule has 148 valence electrons. The molecule has 0 aromatic heterocycles. The molecule has 1 N–H and O–H groups in total. The fourth-order valence-electron chi connectivity index (χ4n) is 3.03. The Morgan fingerprint density at radius 1 is 0.828 bits per heavy atom. The maximum absolute atomic E-state index is 13.0. The van der Waals surface area contributed by atoms with Crippen LogP contribution in [0, 0.1) is 0 Å². The topological polar surface area (TPSA) is 46.2 Å². The van der Waals surface area contributed by atoms with E-state index in [1.807, 2.05) is 66.7 Å². The molecule has 0 unspecified atom stereocenters. The van der Waals surface area contributed by atoms with Gasteiger partial charge in [0.05, 0.1) is 0 Å². The van der Waals surface area contributed by atoms with Crippen LogP contribution in [0.3, 0.4) is 0 Å². The van der Waals surface area contributed by atoms with Crippen LogP contribution in [0.5, 0.6) is 0 Å². The average Bonchev–Trinajstić information content (AvgIpc) is 2.75. The van der Waals surface area contributed by atoms with Crippen molar-refractivity contribution >= 4 is 41.3 Å². The molecule has 0 aliphatic carbocycles. The minimum atomic E-state index is -0.658. The van der Waals surface area contributed by atoms with E-state index >= 15 is 0 Å². The fourth-order valence-corrected chi connectivity index (χ4v) is 6.95. The molecule has 1 atom stereocenters. The summed E-state index contributed by atoms with van der Waals surface area (Å²) < 4.78 is 0. The first-order valence-electron chi connectivity index (χ1n) is 9.49. The molecule has 0 spiro atoms. The first kappa shape index (κ1) is 21.3. The predicted molar refractivity (Wildman–Crippen MR) is 124 cm³/mol. The van der Waals surface area contributed by atoms with Gasteiger partial charge in [-0.2, -0.15) is 0 Å². The van der Waals surface area contributed by atoms with Crippen molar-refractivity contribution in [3.63, 3.8) is 0 Å². The molecule has 0 saturated heterocycles. The van der Waals surface area contributed by atoms with E-state index in [-0.39, 0.29) is 11.0 Å². The normalized spacial score (nSPS) is 11.8. The highest BCUT2D eigenvalue weighted by Gasteiger charge is 2.23. The summed E-state index contributed by atoms with van der Waals surface area (Å²) >= 11 is 1.32. The Balaban J connectivity index is 1.74. The summed E-state index contributed by atoms with van der Waals surface area (Å²) in [5, 5.41) is 5.32. The lowest BCUT2D eigenvalue weighted by Crippen LogP contribution is -2.40. The lowest BCUT2D eigenvalue weighted by atomic mass is 10.1. The molecule has 3 aromatic rings. The Kier molecular flexibility index (Phi) is 8.03. The highest BCUT2D eigenvalue weighted by atomic mass is 32.2. The van der Waals surface area contributed by atoms with E-state index in [0.717, 1.165) is 5.56 Å². The maximum atomic E-state index is 13.0. The highest BCUT2D eigenvalue weighted by Crippen LogP contribution is 2.38. The first-order valence-corrected chi connectivity index (χ1v) is 12.0. The third kappa shape index (κ3) is 6.56. The number of carbonyl (C=O) groups excluding carboxylic acids is 2. The van der Waals surface area contributed by atoms with E-state index in [2.05, 4.69) is 29.6 Å². The summed E-state index contributed by atoms with van der Waals surface area (Å²) in [7, 11) is -0.658. The van der Waals surface area contributed by atoms with Gasteiger partial charge in [0.2, 0.25) is 11.0 Å². The summed E-state index contributed by atoms with van der Waals surface area (Å²) in [4.78, 5) is 24.7. The Bertz CT molecular complexity index is 880. The van der Waals surface area contributed by atoms with Crippen molar-refractivity contribution in [3.05, 3.63) is 96.6 Å². The molecule has 29 heavy (non-hydrogen) atoms. The second kappa shape index (κ2) is 10.9. The van der Waals surface area contributed by atoms with E-state index in [0.29, 0.717) is 11.9 Å². The quantitative estimate of drug-likeness (QED) is 0.558. The van der Waals surface area contributed by atoms with Crippen LogP contribution < -0.4 is 15.9 Å².